The highest BCUT2D eigenvalue weighted by Gasteiger charge is 2.17. The van der Waals surface area contributed by atoms with Crippen LogP contribution in [0.4, 0.5) is 11.5 Å². The Morgan fingerprint density at radius 1 is 1.58 bits per heavy atom. The number of hydrogen-bond acceptors (Lipinski definition) is 8. The van der Waals surface area contributed by atoms with Crippen LogP contribution in [0.2, 0.25) is 0 Å². The quantitative estimate of drug-likeness (QED) is 0.227. The van der Waals surface area contributed by atoms with E-state index < -0.39 is 4.92 Å². The van der Waals surface area contributed by atoms with Crippen molar-refractivity contribution < 1.29 is 14.4 Å². The molecule has 0 saturated carbocycles. The van der Waals surface area contributed by atoms with E-state index in [4.69, 9.17) is 14.7 Å². The van der Waals surface area contributed by atoms with Crippen LogP contribution in [0.1, 0.15) is 0 Å². The summed E-state index contributed by atoms with van der Waals surface area (Å²) in [6, 6.07) is 1.87. The fourth-order valence-electron chi connectivity index (χ4n) is 1.53. The minimum absolute atomic E-state index is 0.00210. The van der Waals surface area contributed by atoms with Gasteiger partial charge in [-0.2, -0.15) is 15.2 Å². The van der Waals surface area contributed by atoms with Crippen molar-refractivity contribution in [2.75, 3.05) is 32.2 Å². The van der Waals surface area contributed by atoms with E-state index in [9.17, 15) is 10.1 Å². The van der Waals surface area contributed by atoms with Crippen molar-refractivity contribution >= 4 is 11.5 Å². The third-order valence-electron chi connectivity index (χ3n) is 2.69. The number of nitrogens with zero attached hydrogens (tertiary/aromatic N) is 4. The lowest BCUT2D eigenvalue weighted by Crippen LogP contribution is -2.11. The lowest BCUT2D eigenvalue weighted by Gasteiger charge is -2.09. The molecule has 0 aliphatic heterocycles. The first kappa shape index (κ1) is 18.8. The largest absolute Gasteiger partial charge is 0.461 e. The number of methoxy groups -OCH3 is 1. The molecule has 1 rings (SSSR count). The van der Waals surface area contributed by atoms with Crippen LogP contribution in [0, 0.1) is 21.4 Å². The zero-order valence-electron chi connectivity index (χ0n) is 13.2. The molecule has 126 valence electrons. The molecule has 0 spiro atoms. The fraction of sp³-hybridized carbons (Fsp3) is 0.267. The maximum Gasteiger partial charge on any atom is 0.329 e. The molecular weight excluding hydrogens is 314 g/mol. The van der Waals surface area contributed by atoms with Crippen LogP contribution in [-0.4, -0.2) is 41.8 Å². The maximum absolute atomic E-state index is 11.1. The van der Waals surface area contributed by atoms with Gasteiger partial charge in [0.05, 0.1) is 17.6 Å². The predicted molar refractivity (Wildman–Crippen MR) is 87.6 cm³/mol. The SMILES string of the molecule is C=C/C(=C\C(=C)C#N)CNc1nc(OCCOC)ncc1[N+](=O)[O-]. The summed E-state index contributed by atoms with van der Waals surface area (Å²) in [5, 5.41) is 22.6. The molecule has 0 amide bonds. The lowest BCUT2D eigenvalue weighted by atomic mass is 10.2. The van der Waals surface area contributed by atoms with Crippen LogP contribution in [-0.2, 0) is 4.74 Å². The molecule has 0 atom stereocenters. The molecule has 1 aromatic heterocycles. The highest BCUT2D eigenvalue weighted by Crippen LogP contribution is 2.23. The lowest BCUT2D eigenvalue weighted by molar-refractivity contribution is -0.384. The van der Waals surface area contributed by atoms with E-state index in [1.54, 1.807) is 0 Å². The van der Waals surface area contributed by atoms with Gasteiger partial charge in [-0.05, 0) is 11.6 Å². The van der Waals surface area contributed by atoms with Gasteiger partial charge < -0.3 is 14.8 Å². The van der Waals surface area contributed by atoms with Crippen molar-refractivity contribution in [2.45, 2.75) is 0 Å². The minimum atomic E-state index is -0.604. The Bertz CT molecular complexity index is 694. The van der Waals surface area contributed by atoms with Gasteiger partial charge in [-0.3, -0.25) is 10.1 Å². The highest BCUT2D eigenvalue weighted by atomic mass is 16.6. The first-order valence-corrected chi connectivity index (χ1v) is 6.80. The highest BCUT2D eigenvalue weighted by molar-refractivity contribution is 5.56. The summed E-state index contributed by atoms with van der Waals surface area (Å²) < 4.78 is 10.1. The topological polar surface area (TPSA) is 123 Å². The number of ether oxygens (including phenoxy) is 2. The Morgan fingerprint density at radius 3 is 2.92 bits per heavy atom. The van der Waals surface area contributed by atoms with Gasteiger partial charge in [-0.1, -0.05) is 19.2 Å². The summed E-state index contributed by atoms with van der Waals surface area (Å²) in [5.74, 6) is -0.00210. The predicted octanol–water partition coefficient (Wildman–Crippen LogP) is 2.01. The van der Waals surface area contributed by atoms with Crippen molar-refractivity contribution in [1.82, 2.24) is 9.97 Å². The molecule has 1 aromatic rings. The second-order valence-corrected chi connectivity index (χ2v) is 4.40. The number of rotatable bonds is 10. The number of nitriles is 1. The normalized spacial score (nSPS) is 10.6. The molecule has 9 nitrogen and oxygen atoms in total. The summed E-state index contributed by atoms with van der Waals surface area (Å²) in [5.41, 5.74) is 0.570. The maximum atomic E-state index is 11.1. The van der Waals surface area contributed by atoms with E-state index in [2.05, 4.69) is 28.4 Å². The van der Waals surface area contributed by atoms with Crippen molar-refractivity contribution in [1.29, 1.82) is 5.26 Å². The third-order valence-corrected chi connectivity index (χ3v) is 2.69. The van der Waals surface area contributed by atoms with Crippen LogP contribution in [0.15, 0.2) is 42.7 Å². The molecule has 0 radical (unpaired) electrons. The van der Waals surface area contributed by atoms with Crippen LogP contribution in [0.3, 0.4) is 0 Å². The van der Waals surface area contributed by atoms with Gasteiger partial charge in [0.1, 0.15) is 12.8 Å². The number of aromatic nitrogens is 2. The standard InChI is InChI=1S/C15H17N5O4/c1-4-12(7-11(2)8-16)9-17-14-13(20(21)22)10-18-15(19-14)24-6-5-23-3/h4,7,10H,1-2,5-6,9H2,3H3,(H,17,18,19)/b12-7+. The third kappa shape index (κ3) is 5.86. The van der Waals surface area contributed by atoms with E-state index in [1.807, 2.05) is 6.07 Å². The molecule has 1 heterocycles. The van der Waals surface area contributed by atoms with Gasteiger partial charge in [0.15, 0.2) is 0 Å². The molecule has 0 saturated heterocycles. The van der Waals surface area contributed by atoms with Gasteiger partial charge >= 0.3 is 11.7 Å². The van der Waals surface area contributed by atoms with Crippen molar-refractivity contribution in [3.8, 4) is 12.1 Å². The van der Waals surface area contributed by atoms with Gasteiger partial charge in [0.25, 0.3) is 0 Å². The first-order chi connectivity index (χ1) is 11.5. The molecule has 9 heteroatoms. The zero-order valence-corrected chi connectivity index (χ0v) is 13.2. The van der Waals surface area contributed by atoms with E-state index in [0.717, 1.165) is 6.20 Å². The van der Waals surface area contributed by atoms with Gasteiger partial charge in [0.2, 0.25) is 5.82 Å². The monoisotopic (exact) mass is 331 g/mol. The van der Waals surface area contributed by atoms with Crippen LogP contribution in [0.25, 0.3) is 0 Å². The minimum Gasteiger partial charge on any atom is -0.461 e. The molecule has 0 aliphatic rings. The van der Waals surface area contributed by atoms with Crippen LogP contribution < -0.4 is 10.1 Å². The molecule has 1 N–H and O–H groups in total. The number of allylic oxidation sites excluding steroid dienone is 2. The van der Waals surface area contributed by atoms with Crippen molar-refractivity contribution in [3.05, 3.63) is 52.8 Å². The van der Waals surface area contributed by atoms with Crippen LogP contribution in [0.5, 0.6) is 6.01 Å². The molecule has 0 bridgehead atoms. The Labute approximate surface area is 139 Å². The summed E-state index contributed by atoms with van der Waals surface area (Å²) >= 11 is 0. The average Bonchev–Trinajstić information content (AvgIpc) is 2.58. The summed E-state index contributed by atoms with van der Waals surface area (Å²) in [6.07, 6.45) is 4.09. The van der Waals surface area contributed by atoms with Crippen LogP contribution >= 0.6 is 0 Å². The van der Waals surface area contributed by atoms with Gasteiger partial charge in [-0.15, -0.1) is 0 Å². The van der Waals surface area contributed by atoms with E-state index in [0.29, 0.717) is 12.2 Å². The van der Waals surface area contributed by atoms with Gasteiger partial charge in [0, 0.05) is 19.2 Å². The number of anilines is 1. The first-order valence-electron chi connectivity index (χ1n) is 6.80. The zero-order chi connectivity index (χ0) is 17.9. The molecule has 24 heavy (non-hydrogen) atoms. The number of nitrogens with one attached hydrogen (secondary N) is 1. The van der Waals surface area contributed by atoms with E-state index in [-0.39, 0.29) is 36.2 Å². The smallest absolute Gasteiger partial charge is 0.329 e. The number of nitro groups is 1. The Morgan fingerprint density at radius 2 is 2.33 bits per heavy atom. The molecule has 0 aliphatic carbocycles. The average molecular weight is 331 g/mol. The summed E-state index contributed by atoms with van der Waals surface area (Å²) in [4.78, 5) is 18.2. The Balaban J connectivity index is 2.94. The number of hydrogen-bond donors (Lipinski definition) is 1. The van der Waals surface area contributed by atoms with E-state index >= 15 is 0 Å². The molecule has 0 aromatic carbocycles. The Kier molecular flexibility index (Phi) is 7.60. The second-order valence-electron chi connectivity index (χ2n) is 4.40. The Hall–Kier alpha value is -3.25. The second kappa shape index (κ2) is 9.70. The molecule has 0 unspecified atom stereocenters. The van der Waals surface area contributed by atoms with Crippen molar-refractivity contribution in [3.63, 3.8) is 0 Å². The fourth-order valence-corrected chi connectivity index (χ4v) is 1.53. The van der Waals surface area contributed by atoms with Gasteiger partial charge in [-0.25, -0.2) is 0 Å². The summed E-state index contributed by atoms with van der Waals surface area (Å²) in [6.45, 7) is 7.88. The molecule has 0 fully saturated rings. The van der Waals surface area contributed by atoms with E-state index in [1.165, 1.54) is 19.3 Å². The molecular formula is C15H17N5O4. The summed E-state index contributed by atoms with van der Waals surface area (Å²) in [7, 11) is 1.52. The van der Waals surface area contributed by atoms with Crippen molar-refractivity contribution in [2.24, 2.45) is 0 Å².